The van der Waals surface area contributed by atoms with E-state index < -0.39 is 15.8 Å². The Bertz CT molecular complexity index is 1240. The minimum Gasteiger partial charge on any atom is -0.337 e. The monoisotopic (exact) mass is 492 g/mol. The minimum absolute atomic E-state index is 0.0395. The molecule has 1 amide bonds. The van der Waals surface area contributed by atoms with Crippen LogP contribution in [0.2, 0.25) is 5.02 Å². The van der Waals surface area contributed by atoms with Crippen molar-refractivity contribution in [3.05, 3.63) is 65.3 Å². The highest BCUT2D eigenvalue weighted by Gasteiger charge is 2.33. The van der Waals surface area contributed by atoms with Gasteiger partial charge in [0.1, 0.15) is 5.82 Å². The molecule has 0 aliphatic carbocycles. The zero-order valence-corrected chi connectivity index (χ0v) is 19.4. The molecule has 1 aromatic heterocycles. The highest BCUT2D eigenvalue weighted by Crippen LogP contribution is 2.26. The van der Waals surface area contributed by atoms with Crippen LogP contribution in [-0.4, -0.2) is 53.8 Å². The summed E-state index contributed by atoms with van der Waals surface area (Å²) in [5.74, 6) is -0.256. The van der Waals surface area contributed by atoms with Crippen molar-refractivity contribution in [2.75, 3.05) is 20.1 Å². The van der Waals surface area contributed by atoms with Crippen molar-refractivity contribution in [2.45, 2.75) is 24.3 Å². The fourth-order valence-electron chi connectivity index (χ4n) is 3.76. The first kappa shape index (κ1) is 23.3. The molecule has 0 unspecified atom stereocenters. The minimum atomic E-state index is -3.72. The van der Waals surface area contributed by atoms with Crippen LogP contribution in [0.3, 0.4) is 0 Å². The van der Waals surface area contributed by atoms with Gasteiger partial charge in [-0.2, -0.15) is 9.29 Å². The SMILES string of the molecule is CN(Cc1nc(-c2cccc(Cl)c2)no1)C(=O)C1CCN(S(=O)(=O)c2ccc(F)cc2)CC1. The van der Waals surface area contributed by atoms with Gasteiger partial charge in [-0.1, -0.05) is 28.9 Å². The fourth-order valence-corrected chi connectivity index (χ4v) is 5.42. The molecule has 174 valence electrons. The number of sulfonamides is 1. The summed E-state index contributed by atoms with van der Waals surface area (Å²) < 4.78 is 45.3. The first-order valence-electron chi connectivity index (χ1n) is 10.3. The molecule has 3 aromatic rings. The van der Waals surface area contributed by atoms with E-state index in [1.54, 1.807) is 25.2 Å². The van der Waals surface area contributed by atoms with E-state index in [9.17, 15) is 17.6 Å². The van der Waals surface area contributed by atoms with Gasteiger partial charge in [-0.25, -0.2) is 12.8 Å². The number of benzene rings is 2. The number of rotatable bonds is 6. The second-order valence-electron chi connectivity index (χ2n) is 7.85. The van der Waals surface area contributed by atoms with Crippen LogP contribution < -0.4 is 0 Å². The summed E-state index contributed by atoms with van der Waals surface area (Å²) in [7, 11) is -2.08. The molecule has 2 aromatic carbocycles. The van der Waals surface area contributed by atoms with Crippen molar-refractivity contribution in [3.63, 3.8) is 0 Å². The highest BCUT2D eigenvalue weighted by atomic mass is 35.5. The predicted molar refractivity (Wildman–Crippen MR) is 119 cm³/mol. The summed E-state index contributed by atoms with van der Waals surface area (Å²) >= 11 is 6.00. The van der Waals surface area contributed by atoms with Gasteiger partial charge in [0.05, 0.1) is 11.4 Å². The van der Waals surface area contributed by atoms with Crippen molar-refractivity contribution >= 4 is 27.5 Å². The third-order valence-electron chi connectivity index (χ3n) is 5.55. The summed E-state index contributed by atoms with van der Waals surface area (Å²) in [6.45, 7) is 0.563. The third kappa shape index (κ3) is 5.23. The van der Waals surface area contributed by atoms with E-state index >= 15 is 0 Å². The molecule has 0 spiro atoms. The van der Waals surface area contributed by atoms with Crippen molar-refractivity contribution in [3.8, 4) is 11.4 Å². The Hall–Kier alpha value is -2.82. The van der Waals surface area contributed by atoms with Gasteiger partial charge >= 0.3 is 0 Å². The highest BCUT2D eigenvalue weighted by molar-refractivity contribution is 7.89. The lowest BCUT2D eigenvalue weighted by Crippen LogP contribution is -2.43. The second-order valence-corrected chi connectivity index (χ2v) is 10.2. The molecule has 0 radical (unpaired) electrons. The van der Waals surface area contributed by atoms with Gasteiger partial charge < -0.3 is 9.42 Å². The summed E-state index contributed by atoms with van der Waals surface area (Å²) in [4.78, 5) is 18.8. The normalized spacial score (nSPS) is 15.5. The van der Waals surface area contributed by atoms with Gasteiger partial charge in [0.2, 0.25) is 27.6 Å². The third-order valence-corrected chi connectivity index (χ3v) is 7.70. The molecule has 4 rings (SSSR count). The van der Waals surface area contributed by atoms with Crippen LogP contribution in [0.4, 0.5) is 4.39 Å². The number of piperidine rings is 1. The van der Waals surface area contributed by atoms with Gasteiger partial charge in [0.25, 0.3) is 0 Å². The Morgan fingerprint density at radius 2 is 1.91 bits per heavy atom. The smallest absolute Gasteiger partial charge is 0.246 e. The lowest BCUT2D eigenvalue weighted by molar-refractivity contribution is -0.136. The number of hydrogen-bond acceptors (Lipinski definition) is 6. The van der Waals surface area contributed by atoms with Gasteiger partial charge in [0.15, 0.2) is 0 Å². The first-order chi connectivity index (χ1) is 15.7. The number of nitrogens with zero attached hydrogens (tertiary/aromatic N) is 4. The Balaban J connectivity index is 1.34. The van der Waals surface area contributed by atoms with E-state index in [0.29, 0.717) is 29.3 Å². The maximum Gasteiger partial charge on any atom is 0.246 e. The molecule has 0 N–H and O–H groups in total. The van der Waals surface area contributed by atoms with E-state index in [1.165, 1.54) is 21.3 Å². The number of aromatic nitrogens is 2. The van der Waals surface area contributed by atoms with Crippen LogP contribution in [-0.2, 0) is 21.4 Å². The van der Waals surface area contributed by atoms with Crippen molar-refractivity contribution in [1.29, 1.82) is 0 Å². The molecule has 1 aliphatic heterocycles. The number of amides is 1. The van der Waals surface area contributed by atoms with E-state index in [0.717, 1.165) is 12.1 Å². The molecule has 1 saturated heterocycles. The molecule has 2 heterocycles. The predicted octanol–water partition coefficient (Wildman–Crippen LogP) is 3.59. The van der Waals surface area contributed by atoms with Gasteiger partial charge in [-0.15, -0.1) is 0 Å². The van der Waals surface area contributed by atoms with Gasteiger partial charge in [-0.3, -0.25) is 4.79 Å². The molecule has 0 bridgehead atoms. The molecule has 0 atom stereocenters. The largest absolute Gasteiger partial charge is 0.337 e. The van der Waals surface area contributed by atoms with E-state index in [2.05, 4.69) is 10.1 Å². The topological polar surface area (TPSA) is 96.6 Å². The maximum absolute atomic E-state index is 13.1. The summed E-state index contributed by atoms with van der Waals surface area (Å²) in [6.07, 6.45) is 0.780. The van der Waals surface area contributed by atoms with E-state index in [1.807, 2.05) is 6.07 Å². The number of halogens is 2. The zero-order chi connectivity index (χ0) is 23.6. The zero-order valence-electron chi connectivity index (χ0n) is 17.8. The van der Waals surface area contributed by atoms with Crippen LogP contribution in [0.15, 0.2) is 57.9 Å². The number of hydrogen-bond donors (Lipinski definition) is 0. The summed E-state index contributed by atoms with van der Waals surface area (Å²) in [5.41, 5.74) is 0.709. The molecule has 1 fully saturated rings. The summed E-state index contributed by atoms with van der Waals surface area (Å²) in [6, 6.07) is 11.8. The van der Waals surface area contributed by atoms with E-state index in [4.69, 9.17) is 16.1 Å². The van der Waals surface area contributed by atoms with E-state index in [-0.39, 0.29) is 42.2 Å². The van der Waals surface area contributed by atoms with Crippen LogP contribution in [0, 0.1) is 11.7 Å². The number of carbonyl (C=O) groups excluding carboxylic acids is 1. The lowest BCUT2D eigenvalue weighted by atomic mass is 9.97. The average molecular weight is 493 g/mol. The number of carbonyl (C=O) groups is 1. The molecule has 8 nitrogen and oxygen atoms in total. The molecule has 33 heavy (non-hydrogen) atoms. The van der Waals surface area contributed by atoms with Crippen LogP contribution in [0.5, 0.6) is 0 Å². The summed E-state index contributed by atoms with van der Waals surface area (Å²) in [5, 5.41) is 4.50. The van der Waals surface area contributed by atoms with Gasteiger partial charge in [0, 0.05) is 36.6 Å². The van der Waals surface area contributed by atoms with Crippen molar-refractivity contribution < 1.29 is 22.1 Å². The average Bonchev–Trinajstić information content (AvgIpc) is 3.27. The Kier molecular flexibility index (Phi) is 6.78. The Morgan fingerprint density at radius 1 is 1.21 bits per heavy atom. The maximum atomic E-state index is 13.1. The fraction of sp³-hybridized carbons (Fsp3) is 0.318. The van der Waals surface area contributed by atoms with Gasteiger partial charge in [-0.05, 0) is 49.2 Å². The molecule has 0 saturated carbocycles. The molecule has 1 aliphatic rings. The van der Waals surface area contributed by atoms with Crippen molar-refractivity contribution in [1.82, 2.24) is 19.3 Å². The lowest BCUT2D eigenvalue weighted by Gasteiger charge is -2.32. The molecular formula is C22H22ClFN4O4S. The molecule has 11 heteroatoms. The van der Waals surface area contributed by atoms with Crippen molar-refractivity contribution in [2.24, 2.45) is 5.92 Å². The first-order valence-corrected chi connectivity index (χ1v) is 12.1. The Labute approximate surface area is 196 Å². The van der Waals surface area contributed by atoms with Crippen LogP contribution in [0.25, 0.3) is 11.4 Å². The quantitative estimate of drug-likeness (QED) is 0.521. The Morgan fingerprint density at radius 3 is 2.58 bits per heavy atom. The molecular weight excluding hydrogens is 471 g/mol. The van der Waals surface area contributed by atoms with Crippen LogP contribution in [0.1, 0.15) is 18.7 Å². The second kappa shape index (κ2) is 9.58. The van der Waals surface area contributed by atoms with Crippen LogP contribution >= 0.6 is 11.6 Å². The standard InChI is InChI=1S/C22H22ClFN4O4S/c1-27(14-20-25-21(26-32-20)16-3-2-4-17(23)13-16)22(29)15-9-11-28(12-10-15)33(30,31)19-7-5-18(24)6-8-19/h2-8,13,15H,9-12,14H2,1H3.